The number of nitrogens with zero attached hydrogens (tertiary/aromatic N) is 1. The van der Waals surface area contributed by atoms with Crippen molar-refractivity contribution in [3.63, 3.8) is 0 Å². The third-order valence-electron chi connectivity index (χ3n) is 1.62. The normalized spacial score (nSPS) is 26.6. The molecule has 1 saturated heterocycles. The van der Waals surface area contributed by atoms with Crippen LogP contribution in [0.3, 0.4) is 0 Å². The van der Waals surface area contributed by atoms with E-state index < -0.39 is 0 Å². The molecule has 1 N–H and O–H groups in total. The molecule has 58 valence electrons. The highest BCUT2D eigenvalue weighted by atomic mass is 35.5. The lowest BCUT2D eigenvalue weighted by Crippen LogP contribution is -2.49. The molecule has 1 atom stereocenters. The summed E-state index contributed by atoms with van der Waals surface area (Å²) in [4.78, 5) is 12.2. The summed E-state index contributed by atoms with van der Waals surface area (Å²) in [6.45, 7) is 4.33. The number of rotatable bonds is 0. The Bertz CT molecular complexity index is 140. The van der Waals surface area contributed by atoms with Gasteiger partial charge in [-0.3, -0.25) is 4.79 Å². The highest BCUT2D eigenvalue weighted by Gasteiger charge is 2.17. The molecule has 1 amide bonds. The van der Waals surface area contributed by atoms with Crippen molar-refractivity contribution in [3.05, 3.63) is 0 Å². The van der Waals surface area contributed by atoms with E-state index in [0.29, 0.717) is 6.04 Å². The highest BCUT2D eigenvalue weighted by molar-refractivity contribution is 6.62. The van der Waals surface area contributed by atoms with E-state index in [-0.39, 0.29) is 5.37 Å². The van der Waals surface area contributed by atoms with Crippen LogP contribution >= 0.6 is 11.6 Å². The van der Waals surface area contributed by atoms with E-state index in [2.05, 4.69) is 5.32 Å². The largest absolute Gasteiger partial charge is 0.326 e. The van der Waals surface area contributed by atoms with Crippen molar-refractivity contribution < 1.29 is 4.79 Å². The maximum atomic E-state index is 10.6. The van der Waals surface area contributed by atoms with Gasteiger partial charge in [0.1, 0.15) is 0 Å². The molecule has 3 nitrogen and oxygen atoms in total. The number of amides is 1. The maximum absolute atomic E-state index is 10.6. The molecule has 1 heterocycles. The number of hydrogen-bond donors (Lipinski definition) is 1. The Hall–Kier alpha value is -0.280. The van der Waals surface area contributed by atoms with Gasteiger partial charge < -0.3 is 10.2 Å². The van der Waals surface area contributed by atoms with Crippen molar-refractivity contribution in [2.45, 2.75) is 13.0 Å². The number of hydrogen-bond acceptors (Lipinski definition) is 2. The number of carbonyl (C=O) groups is 1. The molecule has 1 aliphatic heterocycles. The molecule has 0 spiro atoms. The number of nitrogens with one attached hydrogen (secondary N) is 1. The zero-order chi connectivity index (χ0) is 7.56. The van der Waals surface area contributed by atoms with Crippen LogP contribution in [0.5, 0.6) is 0 Å². The Morgan fingerprint density at radius 3 is 2.90 bits per heavy atom. The van der Waals surface area contributed by atoms with Gasteiger partial charge in [-0.1, -0.05) is 0 Å². The van der Waals surface area contributed by atoms with Crippen LogP contribution in [0.4, 0.5) is 4.79 Å². The van der Waals surface area contributed by atoms with Crippen LogP contribution in [-0.4, -0.2) is 35.9 Å². The SMILES string of the molecule is CC1CN(C(=O)Cl)CCN1. The number of piperazine rings is 1. The second-order valence-electron chi connectivity index (χ2n) is 2.55. The second kappa shape index (κ2) is 3.21. The van der Waals surface area contributed by atoms with Gasteiger partial charge in [-0.15, -0.1) is 0 Å². The topological polar surface area (TPSA) is 32.3 Å². The fraction of sp³-hybridized carbons (Fsp3) is 0.833. The van der Waals surface area contributed by atoms with Gasteiger partial charge >= 0.3 is 5.37 Å². The van der Waals surface area contributed by atoms with Gasteiger partial charge in [0.2, 0.25) is 0 Å². The van der Waals surface area contributed by atoms with Crippen molar-refractivity contribution in [2.24, 2.45) is 0 Å². The zero-order valence-corrected chi connectivity index (χ0v) is 6.69. The average molecular weight is 163 g/mol. The molecule has 0 radical (unpaired) electrons. The molecule has 0 aromatic carbocycles. The first-order valence-corrected chi connectivity index (χ1v) is 3.75. The molecule has 1 aliphatic rings. The van der Waals surface area contributed by atoms with E-state index >= 15 is 0 Å². The summed E-state index contributed by atoms with van der Waals surface area (Å²) in [5, 5.41) is 2.87. The fourth-order valence-corrected chi connectivity index (χ4v) is 1.25. The van der Waals surface area contributed by atoms with Gasteiger partial charge in [-0.2, -0.15) is 0 Å². The highest BCUT2D eigenvalue weighted by Crippen LogP contribution is 2.01. The summed E-state index contributed by atoms with van der Waals surface area (Å²) >= 11 is 5.28. The summed E-state index contributed by atoms with van der Waals surface area (Å²) in [7, 11) is 0. The van der Waals surface area contributed by atoms with Gasteiger partial charge in [0.05, 0.1) is 0 Å². The van der Waals surface area contributed by atoms with Crippen LogP contribution in [0, 0.1) is 0 Å². The average Bonchev–Trinajstić information content (AvgIpc) is 1.88. The predicted molar refractivity (Wildman–Crippen MR) is 40.3 cm³/mol. The molecule has 0 aromatic rings. The minimum absolute atomic E-state index is 0.339. The van der Waals surface area contributed by atoms with Gasteiger partial charge in [-0.05, 0) is 18.5 Å². The van der Waals surface area contributed by atoms with Crippen LogP contribution in [0.1, 0.15) is 6.92 Å². The van der Waals surface area contributed by atoms with E-state index in [1.165, 1.54) is 0 Å². The molecular weight excluding hydrogens is 152 g/mol. The van der Waals surface area contributed by atoms with E-state index in [0.717, 1.165) is 19.6 Å². The van der Waals surface area contributed by atoms with Crippen molar-refractivity contribution in [1.29, 1.82) is 0 Å². The second-order valence-corrected chi connectivity index (χ2v) is 2.88. The van der Waals surface area contributed by atoms with Crippen LogP contribution in [-0.2, 0) is 0 Å². The maximum Gasteiger partial charge on any atom is 0.316 e. The molecule has 1 rings (SSSR count). The third-order valence-corrected chi connectivity index (χ3v) is 1.86. The summed E-state index contributed by atoms with van der Waals surface area (Å²) in [6.07, 6.45) is 0. The van der Waals surface area contributed by atoms with Gasteiger partial charge in [0.25, 0.3) is 0 Å². The molecule has 0 saturated carbocycles. The van der Waals surface area contributed by atoms with Crippen LogP contribution < -0.4 is 5.32 Å². The van der Waals surface area contributed by atoms with E-state index in [1.807, 2.05) is 6.92 Å². The van der Waals surface area contributed by atoms with Crippen LogP contribution in [0.2, 0.25) is 0 Å². The Labute approximate surface area is 65.3 Å². The summed E-state index contributed by atoms with van der Waals surface area (Å²) < 4.78 is 0. The minimum atomic E-state index is -0.339. The molecule has 1 fully saturated rings. The van der Waals surface area contributed by atoms with Crippen LogP contribution in [0.15, 0.2) is 0 Å². The monoisotopic (exact) mass is 162 g/mol. The molecule has 1 unspecified atom stereocenters. The van der Waals surface area contributed by atoms with Crippen molar-refractivity contribution in [3.8, 4) is 0 Å². The lowest BCUT2D eigenvalue weighted by molar-refractivity contribution is 0.202. The minimum Gasteiger partial charge on any atom is -0.326 e. The Morgan fingerprint density at radius 2 is 2.50 bits per heavy atom. The Balaban J connectivity index is 2.39. The summed E-state index contributed by atoms with van der Waals surface area (Å²) in [5.41, 5.74) is 0. The van der Waals surface area contributed by atoms with Gasteiger partial charge in [-0.25, -0.2) is 0 Å². The predicted octanol–water partition coefficient (Wildman–Crippen LogP) is 0.639. The lowest BCUT2D eigenvalue weighted by Gasteiger charge is -2.29. The van der Waals surface area contributed by atoms with E-state index in [9.17, 15) is 4.79 Å². The first kappa shape index (κ1) is 7.82. The van der Waals surface area contributed by atoms with Gasteiger partial charge in [0.15, 0.2) is 0 Å². The lowest BCUT2D eigenvalue weighted by atomic mass is 10.2. The quantitative estimate of drug-likeness (QED) is 0.419. The molecule has 0 bridgehead atoms. The zero-order valence-electron chi connectivity index (χ0n) is 5.93. The number of halogens is 1. The summed E-state index contributed by atoms with van der Waals surface area (Å²) in [6, 6.07) is 0.372. The van der Waals surface area contributed by atoms with E-state index in [4.69, 9.17) is 11.6 Å². The molecule has 0 aromatic heterocycles. The molecular formula is C6H11ClN2O. The van der Waals surface area contributed by atoms with E-state index in [1.54, 1.807) is 4.90 Å². The molecule has 10 heavy (non-hydrogen) atoms. The standard InChI is InChI=1S/C6H11ClN2O/c1-5-4-9(6(7)10)3-2-8-5/h5,8H,2-4H2,1H3. The van der Waals surface area contributed by atoms with Crippen molar-refractivity contribution in [2.75, 3.05) is 19.6 Å². The number of carbonyl (C=O) groups excluding carboxylic acids is 1. The first-order chi connectivity index (χ1) is 4.70. The first-order valence-electron chi connectivity index (χ1n) is 3.38. The fourth-order valence-electron chi connectivity index (χ4n) is 1.09. The summed E-state index contributed by atoms with van der Waals surface area (Å²) in [5.74, 6) is 0. The van der Waals surface area contributed by atoms with Gasteiger partial charge in [0, 0.05) is 25.7 Å². The van der Waals surface area contributed by atoms with Crippen molar-refractivity contribution >= 4 is 17.0 Å². The smallest absolute Gasteiger partial charge is 0.316 e. The molecule has 0 aliphatic carbocycles. The van der Waals surface area contributed by atoms with Crippen LogP contribution in [0.25, 0.3) is 0 Å². The molecule has 4 heteroatoms. The third kappa shape index (κ3) is 1.85. The Morgan fingerprint density at radius 1 is 1.80 bits per heavy atom. The van der Waals surface area contributed by atoms with Crippen molar-refractivity contribution in [1.82, 2.24) is 10.2 Å². The Kier molecular flexibility index (Phi) is 2.51.